The third-order valence-electron chi connectivity index (χ3n) is 1.86. The molecule has 0 aliphatic rings. The van der Waals surface area contributed by atoms with E-state index in [1.165, 1.54) is 25.5 Å². The van der Waals surface area contributed by atoms with Gasteiger partial charge in [-0.05, 0) is 24.5 Å². The summed E-state index contributed by atoms with van der Waals surface area (Å²) < 4.78 is 0. The van der Waals surface area contributed by atoms with E-state index in [0.717, 1.165) is 12.8 Å². The van der Waals surface area contributed by atoms with Crippen LogP contribution in [-0.2, 0) is 0 Å². The van der Waals surface area contributed by atoms with Crippen molar-refractivity contribution in [3.8, 4) is 0 Å². The summed E-state index contributed by atoms with van der Waals surface area (Å²) in [4.78, 5) is 9.52. The lowest BCUT2D eigenvalue weighted by Crippen LogP contribution is -1.66. The first-order valence-corrected chi connectivity index (χ1v) is 5.59. The first kappa shape index (κ1) is 14.4. The molecule has 0 rings (SSSR count). The summed E-state index contributed by atoms with van der Waals surface area (Å²) in [5, 5.41) is 8.54. The van der Waals surface area contributed by atoms with E-state index in [2.05, 4.69) is 40.8 Å². The van der Waals surface area contributed by atoms with Gasteiger partial charge in [0, 0.05) is 6.20 Å². The fourth-order valence-corrected chi connectivity index (χ4v) is 1.04. The van der Waals surface area contributed by atoms with Crippen molar-refractivity contribution in [2.45, 2.75) is 39.0 Å². The van der Waals surface area contributed by atoms with Gasteiger partial charge in [-0.2, -0.15) is 0 Å². The van der Waals surface area contributed by atoms with Crippen LogP contribution < -0.4 is 0 Å². The largest absolute Gasteiger partial charge is 0.136 e. The highest BCUT2D eigenvalue weighted by Crippen LogP contribution is 1.97. The highest BCUT2D eigenvalue weighted by molar-refractivity contribution is 4.96. The Morgan fingerprint density at radius 3 is 2.38 bits per heavy atom. The van der Waals surface area contributed by atoms with Crippen LogP contribution in [0.1, 0.15) is 39.0 Å². The van der Waals surface area contributed by atoms with Gasteiger partial charge in [0.25, 0.3) is 0 Å². The van der Waals surface area contributed by atoms with Gasteiger partial charge in [0.1, 0.15) is 5.29 Å². The minimum Gasteiger partial charge on any atom is -0.136 e. The van der Waals surface area contributed by atoms with Crippen LogP contribution in [0.2, 0.25) is 0 Å². The first-order chi connectivity index (χ1) is 7.91. The van der Waals surface area contributed by atoms with E-state index in [1.807, 2.05) is 12.2 Å². The van der Waals surface area contributed by atoms with E-state index < -0.39 is 0 Å². The van der Waals surface area contributed by atoms with Crippen LogP contribution >= 0.6 is 0 Å². The zero-order valence-corrected chi connectivity index (χ0v) is 9.75. The van der Waals surface area contributed by atoms with E-state index in [9.17, 15) is 4.91 Å². The van der Waals surface area contributed by atoms with Crippen LogP contribution in [0.15, 0.2) is 52.2 Å². The number of unbranched alkanes of at least 4 members (excludes halogenated alkanes) is 2. The number of hydrogen-bond donors (Lipinski definition) is 0. The van der Waals surface area contributed by atoms with Crippen molar-refractivity contribution in [3.63, 3.8) is 0 Å². The summed E-state index contributed by atoms with van der Waals surface area (Å²) in [6, 6.07) is 0. The summed E-state index contributed by atoms with van der Waals surface area (Å²) in [5.74, 6) is 0. The molecular formula is C12H19N3O. The first-order valence-electron chi connectivity index (χ1n) is 5.59. The summed E-state index contributed by atoms with van der Waals surface area (Å²) in [6.45, 7) is 2.19. The number of nitrogens with zero attached hydrogens (tertiary/aromatic N) is 3. The SMILES string of the molecule is CCCCC=CCC=CC/C=C/N=NN=O. The fraction of sp³-hybridized carbons (Fsp3) is 0.500. The molecular weight excluding hydrogens is 202 g/mol. The number of nitroso groups, excluding NO2 is 1. The lowest BCUT2D eigenvalue weighted by molar-refractivity contribution is 0.813. The Kier molecular flexibility index (Phi) is 12.1. The molecule has 0 aromatic rings. The van der Waals surface area contributed by atoms with Crippen molar-refractivity contribution >= 4 is 0 Å². The molecule has 0 radical (unpaired) electrons. The van der Waals surface area contributed by atoms with Crippen LogP contribution in [0.3, 0.4) is 0 Å². The number of allylic oxidation sites excluding steroid dienone is 5. The van der Waals surface area contributed by atoms with Crippen LogP contribution in [0.4, 0.5) is 0 Å². The highest BCUT2D eigenvalue weighted by atomic mass is 16.3. The van der Waals surface area contributed by atoms with Crippen molar-refractivity contribution in [1.29, 1.82) is 0 Å². The van der Waals surface area contributed by atoms with E-state index in [4.69, 9.17) is 0 Å². The summed E-state index contributed by atoms with van der Waals surface area (Å²) >= 11 is 0. The zero-order chi connectivity index (χ0) is 11.9. The van der Waals surface area contributed by atoms with E-state index in [-0.39, 0.29) is 0 Å². The monoisotopic (exact) mass is 221 g/mol. The Morgan fingerprint density at radius 1 is 1.00 bits per heavy atom. The van der Waals surface area contributed by atoms with Crippen molar-refractivity contribution in [2.75, 3.05) is 0 Å². The zero-order valence-electron chi connectivity index (χ0n) is 9.75. The molecule has 16 heavy (non-hydrogen) atoms. The van der Waals surface area contributed by atoms with Gasteiger partial charge in [-0.25, -0.2) is 0 Å². The van der Waals surface area contributed by atoms with Gasteiger partial charge in [0.05, 0.1) is 0 Å². The lowest BCUT2D eigenvalue weighted by Gasteiger charge is -1.87. The van der Waals surface area contributed by atoms with E-state index in [1.54, 1.807) is 0 Å². The quantitative estimate of drug-likeness (QED) is 0.183. The molecule has 0 saturated heterocycles. The maximum Gasteiger partial charge on any atom is 0.100 e. The predicted molar refractivity (Wildman–Crippen MR) is 66.8 cm³/mol. The van der Waals surface area contributed by atoms with Crippen LogP contribution in [0.5, 0.6) is 0 Å². The van der Waals surface area contributed by atoms with Crippen LogP contribution in [0, 0.1) is 4.91 Å². The third-order valence-corrected chi connectivity index (χ3v) is 1.86. The number of hydrogen-bond acceptors (Lipinski definition) is 2. The topological polar surface area (TPSA) is 54.1 Å². The van der Waals surface area contributed by atoms with E-state index >= 15 is 0 Å². The van der Waals surface area contributed by atoms with Gasteiger partial charge in [-0.1, -0.05) is 50.1 Å². The molecule has 0 aromatic carbocycles. The molecule has 0 N–H and O–H groups in total. The molecule has 88 valence electrons. The Balaban J connectivity index is 3.40. The molecule has 0 fully saturated rings. The van der Waals surface area contributed by atoms with Crippen LogP contribution in [0.25, 0.3) is 0 Å². The predicted octanol–water partition coefficient (Wildman–Crippen LogP) is 4.72. The maximum absolute atomic E-state index is 9.52. The molecule has 0 bridgehead atoms. The summed E-state index contributed by atoms with van der Waals surface area (Å²) in [5.41, 5.74) is 0. The van der Waals surface area contributed by atoms with Gasteiger partial charge in [-0.3, -0.25) is 0 Å². The molecule has 0 saturated carbocycles. The maximum atomic E-state index is 9.52. The van der Waals surface area contributed by atoms with Gasteiger partial charge >= 0.3 is 0 Å². The van der Waals surface area contributed by atoms with Crippen molar-refractivity contribution in [2.24, 2.45) is 15.6 Å². The smallest absolute Gasteiger partial charge is 0.100 e. The summed E-state index contributed by atoms with van der Waals surface area (Å²) in [6.07, 6.45) is 17.2. The fourth-order valence-electron chi connectivity index (χ4n) is 1.04. The Morgan fingerprint density at radius 2 is 1.69 bits per heavy atom. The number of rotatable bonds is 9. The molecule has 0 unspecified atom stereocenters. The molecule has 0 amide bonds. The third kappa shape index (κ3) is 12.4. The average Bonchev–Trinajstić information content (AvgIpc) is 2.31. The Hall–Kier alpha value is -1.58. The molecule has 0 aliphatic heterocycles. The standard InChI is InChI=1S/C12H19N3O/c1-2-3-4-5-6-7-8-9-10-11-12-13-14-15-16/h5-6,8-9,11-12H,2-4,7,10H2,1H3/b6-5?,9-8?,12-11+,14-13?. The molecule has 0 atom stereocenters. The lowest BCUT2D eigenvalue weighted by atomic mass is 10.2. The minimum absolute atomic E-state index is 0.792. The minimum atomic E-state index is 0.792. The Bertz CT molecular complexity index is 267. The summed E-state index contributed by atoms with van der Waals surface area (Å²) in [7, 11) is 0. The van der Waals surface area contributed by atoms with Gasteiger partial charge < -0.3 is 0 Å². The molecule has 4 nitrogen and oxygen atoms in total. The molecule has 0 heterocycles. The second kappa shape index (κ2) is 13.4. The van der Waals surface area contributed by atoms with Gasteiger partial charge in [0.2, 0.25) is 0 Å². The van der Waals surface area contributed by atoms with Crippen LogP contribution in [-0.4, -0.2) is 0 Å². The highest BCUT2D eigenvalue weighted by Gasteiger charge is 1.77. The van der Waals surface area contributed by atoms with Crippen molar-refractivity contribution < 1.29 is 0 Å². The second-order valence-corrected chi connectivity index (χ2v) is 3.23. The van der Waals surface area contributed by atoms with Gasteiger partial charge in [0.15, 0.2) is 0 Å². The average molecular weight is 221 g/mol. The Labute approximate surface area is 96.8 Å². The molecule has 4 heteroatoms. The van der Waals surface area contributed by atoms with E-state index in [0.29, 0.717) is 0 Å². The molecule has 0 spiro atoms. The molecule has 0 aromatic heterocycles. The van der Waals surface area contributed by atoms with Gasteiger partial charge in [-0.15, -0.1) is 10.0 Å². The van der Waals surface area contributed by atoms with Crippen molar-refractivity contribution in [3.05, 3.63) is 41.5 Å². The van der Waals surface area contributed by atoms with Crippen molar-refractivity contribution in [1.82, 2.24) is 0 Å². The molecule has 0 aliphatic carbocycles. The second-order valence-electron chi connectivity index (χ2n) is 3.23. The normalized spacial score (nSPS) is 12.6.